The third-order valence-corrected chi connectivity index (χ3v) is 7.35. The van der Waals surface area contributed by atoms with Gasteiger partial charge < -0.3 is 5.11 Å². The van der Waals surface area contributed by atoms with Gasteiger partial charge in [0.15, 0.2) is 5.78 Å². The van der Waals surface area contributed by atoms with Crippen LogP contribution < -0.4 is 0 Å². The first-order valence-electron chi connectivity index (χ1n) is 10.7. The van der Waals surface area contributed by atoms with Gasteiger partial charge in [0, 0.05) is 10.8 Å². The van der Waals surface area contributed by atoms with E-state index in [1.54, 1.807) is 12.1 Å². The molecule has 0 amide bonds. The van der Waals surface area contributed by atoms with Crippen LogP contribution in [0.3, 0.4) is 0 Å². The maximum absolute atomic E-state index is 13.1. The third kappa shape index (κ3) is 2.58. The Bertz CT molecular complexity index is 1020. The molecule has 1 N–H and O–H groups in total. The van der Waals surface area contributed by atoms with Crippen LogP contribution in [-0.2, 0) is 15.6 Å². The van der Waals surface area contributed by atoms with Crippen LogP contribution in [0.5, 0.6) is 5.75 Å². The average Bonchev–Trinajstić information content (AvgIpc) is 2.74. The SMILES string of the molecule is CCCCCC1=CC2(C(C)=C(C)C1=O)c1ccccc1C2(C)c1ccc(O)cc1. The maximum Gasteiger partial charge on any atom is 0.184 e. The normalized spacial score (nSPS) is 25.7. The number of unbranched alkanes of at least 4 members (excludes halogenated alkanes) is 2. The standard InChI is InChI=1S/C27H30O2/c1-5-6-7-10-20-17-27(19(3)18(2)25(20)29)24-12-9-8-11-23(24)26(27,4)21-13-15-22(28)16-14-21/h8-9,11-17,28H,5-7,10H2,1-4H3. The molecular formula is C27H30O2. The molecule has 1 spiro atoms. The Hall–Kier alpha value is -2.61. The first-order valence-corrected chi connectivity index (χ1v) is 10.7. The van der Waals surface area contributed by atoms with Gasteiger partial charge in [-0.3, -0.25) is 4.79 Å². The number of rotatable bonds is 5. The number of phenols is 1. The van der Waals surface area contributed by atoms with Crippen molar-refractivity contribution in [2.75, 3.05) is 0 Å². The molecule has 2 atom stereocenters. The molecular weight excluding hydrogens is 356 g/mol. The number of ketones is 1. The molecule has 150 valence electrons. The lowest BCUT2D eigenvalue weighted by Crippen LogP contribution is -2.58. The molecule has 0 fully saturated rings. The lowest BCUT2D eigenvalue weighted by Gasteiger charge is -2.60. The zero-order chi connectivity index (χ0) is 20.8. The van der Waals surface area contributed by atoms with Gasteiger partial charge in [-0.1, -0.05) is 67.8 Å². The van der Waals surface area contributed by atoms with E-state index >= 15 is 0 Å². The van der Waals surface area contributed by atoms with E-state index in [0.717, 1.165) is 42.4 Å². The second-order valence-corrected chi connectivity index (χ2v) is 8.73. The Morgan fingerprint density at radius 2 is 1.59 bits per heavy atom. The predicted molar refractivity (Wildman–Crippen MR) is 118 cm³/mol. The van der Waals surface area contributed by atoms with E-state index in [4.69, 9.17) is 0 Å². The fourth-order valence-corrected chi connectivity index (χ4v) is 5.55. The summed E-state index contributed by atoms with van der Waals surface area (Å²) in [5.74, 6) is 0.485. The number of Topliss-reactive ketones (excluding diaryl/α,β-unsaturated/α-hetero) is 1. The summed E-state index contributed by atoms with van der Waals surface area (Å²) >= 11 is 0. The van der Waals surface area contributed by atoms with E-state index < -0.39 is 0 Å². The second kappa shape index (κ2) is 7.02. The molecule has 29 heavy (non-hydrogen) atoms. The van der Waals surface area contributed by atoms with Crippen molar-refractivity contribution in [1.29, 1.82) is 0 Å². The lowest BCUT2D eigenvalue weighted by molar-refractivity contribution is -0.112. The topological polar surface area (TPSA) is 37.3 Å². The molecule has 2 aliphatic rings. The summed E-state index contributed by atoms with van der Waals surface area (Å²) in [4.78, 5) is 13.1. The predicted octanol–water partition coefficient (Wildman–Crippen LogP) is 6.38. The number of phenolic OH excluding ortho intramolecular Hbond substituents is 1. The number of carbonyl (C=O) groups is 1. The number of aromatic hydroxyl groups is 1. The number of hydrogen-bond donors (Lipinski definition) is 1. The molecule has 0 aromatic heterocycles. The summed E-state index contributed by atoms with van der Waals surface area (Å²) in [6, 6.07) is 16.2. The summed E-state index contributed by atoms with van der Waals surface area (Å²) in [5, 5.41) is 9.84. The van der Waals surface area contributed by atoms with Crippen molar-refractivity contribution in [2.24, 2.45) is 0 Å². The smallest absolute Gasteiger partial charge is 0.184 e. The van der Waals surface area contributed by atoms with E-state index in [2.05, 4.69) is 51.1 Å². The third-order valence-electron chi connectivity index (χ3n) is 7.35. The van der Waals surface area contributed by atoms with Crippen molar-refractivity contribution in [3.63, 3.8) is 0 Å². The summed E-state index contributed by atoms with van der Waals surface area (Å²) in [5.41, 5.74) is 6.17. The Labute approximate surface area is 174 Å². The quantitative estimate of drug-likeness (QED) is 0.606. The molecule has 4 rings (SSSR count). The van der Waals surface area contributed by atoms with E-state index in [9.17, 15) is 9.90 Å². The second-order valence-electron chi connectivity index (χ2n) is 8.73. The molecule has 2 aliphatic carbocycles. The van der Waals surface area contributed by atoms with Gasteiger partial charge in [-0.05, 0) is 73.6 Å². The van der Waals surface area contributed by atoms with Gasteiger partial charge >= 0.3 is 0 Å². The fourth-order valence-electron chi connectivity index (χ4n) is 5.55. The molecule has 0 bridgehead atoms. The molecule has 0 saturated carbocycles. The van der Waals surface area contributed by atoms with Crippen LogP contribution >= 0.6 is 0 Å². The van der Waals surface area contributed by atoms with E-state index in [-0.39, 0.29) is 22.4 Å². The monoisotopic (exact) mass is 386 g/mol. The van der Waals surface area contributed by atoms with Crippen molar-refractivity contribution in [2.45, 2.75) is 64.2 Å². The van der Waals surface area contributed by atoms with Gasteiger partial charge in [0.25, 0.3) is 0 Å². The molecule has 2 unspecified atom stereocenters. The first kappa shape index (κ1) is 19.7. The molecule has 0 aliphatic heterocycles. The highest BCUT2D eigenvalue weighted by atomic mass is 16.3. The van der Waals surface area contributed by atoms with Crippen molar-refractivity contribution < 1.29 is 9.90 Å². The minimum absolute atomic E-state index is 0.210. The summed E-state index contributed by atoms with van der Waals surface area (Å²) in [6.45, 7) is 8.60. The minimum atomic E-state index is -0.319. The Balaban J connectivity index is 1.95. The Morgan fingerprint density at radius 1 is 0.931 bits per heavy atom. The molecule has 2 nitrogen and oxygen atoms in total. The summed E-state index contributed by atoms with van der Waals surface area (Å²) < 4.78 is 0. The zero-order valence-corrected chi connectivity index (χ0v) is 17.9. The number of hydrogen-bond acceptors (Lipinski definition) is 2. The van der Waals surface area contributed by atoms with Gasteiger partial charge in [-0.25, -0.2) is 0 Å². The van der Waals surface area contributed by atoms with Crippen LogP contribution in [0.4, 0.5) is 0 Å². The molecule has 0 radical (unpaired) electrons. The Morgan fingerprint density at radius 3 is 2.24 bits per heavy atom. The van der Waals surface area contributed by atoms with Crippen LogP contribution in [0.2, 0.25) is 0 Å². The molecule has 0 saturated heterocycles. The highest BCUT2D eigenvalue weighted by Gasteiger charge is 2.62. The van der Waals surface area contributed by atoms with E-state index in [1.165, 1.54) is 16.7 Å². The van der Waals surface area contributed by atoms with Crippen LogP contribution in [0.15, 0.2) is 71.3 Å². The van der Waals surface area contributed by atoms with E-state index in [0.29, 0.717) is 0 Å². The van der Waals surface area contributed by atoms with Gasteiger partial charge in [0.2, 0.25) is 0 Å². The number of carbonyl (C=O) groups excluding carboxylic acids is 1. The van der Waals surface area contributed by atoms with Gasteiger partial charge in [0.1, 0.15) is 5.75 Å². The van der Waals surface area contributed by atoms with Crippen molar-refractivity contribution in [1.82, 2.24) is 0 Å². The van der Waals surface area contributed by atoms with Gasteiger partial charge in [0.05, 0.1) is 0 Å². The summed E-state index contributed by atoms with van der Waals surface area (Å²) in [6.07, 6.45) is 6.46. The zero-order valence-electron chi connectivity index (χ0n) is 17.9. The van der Waals surface area contributed by atoms with Crippen LogP contribution in [-0.4, -0.2) is 10.9 Å². The number of benzene rings is 2. The lowest BCUT2D eigenvalue weighted by atomic mass is 9.41. The average molecular weight is 387 g/mol. The first-order chi connectivity index (χ1) is 13.9. The van der Waals surface area contributed by atoms with Crippen molar-refractivity contribution in [3.8, 4) is 5.75 Å². The van der Waals surface area contributed by atoms with E-state index in [1.807, 2.05) is 19.1 Å². The molecule has 2 aromatic carbocycles. The van der Waals surface area contributed by atoms with Crippen molar-refractivity contribution >= 4 is 5.78 Å². The highest BCUT2D eigenvalue weighted by Crippen LogP contribution is 2.65. The summed E-state index contributed by atoms with van der Waals surface area (Å²) in [7, 11) is 0. The van der Waals surface area contributed by atoms with Crippen molar-refractivity contribution in [3.05, 3.63) is 88.0 Å². The highest BCUT2D eigenvalue weighted by molar-refractivity contribution is 6.10. The maximum atomic E-state index is 13.1. The Kier molecular flexibility index (Phi) is 4.77. The van der Waals surface area contributed by atoms with Gasteiger partial charge in [-0.15, -0.1) is 0 Å². The fraction of sp³-hybridized carbons (Fsp3) is 0.370. The van der Waals surface area contributed by atoms with Crippen LogP contribution in [0, 0.1) is 0 Å². The minimum Gasteiger partial charge on any atom is -0.508 e. The molecule has 2 heteroatoms. The molecule has 2 aromatic rings. The number of allylic oxidation sites excluding steroid dienone is 4. The van der Waals surface area contributed by atoms with Crippen LogP contribution in [0.1, 0.15) is 70.1 Å². The molecule has 0 heterocycles. The van der Waals surface area contributed by atoms with Crippen LogP contribution in [0.25, 0.3) is 0 Å². The van der Waals surface area contributed by atoms with Gasteiger partial charge in [-0.2, -0.15) is 0 Å². The number of fused-ring (bicyclic) bond motifs is 2. The largest absolute Gasteiger partial charge is 0.508 e.